The highest BCUT2D eigenvalue weighted by atomic mass is 32.3. The van der Waals surface area contributed by atoms with E-state index in [1.54, 1.807) is 0 Å². The highest BCUT2D eigenvalue weighted by molar-refractivity contribution is 8.05. The number of rotatable bonds is 7. The van der Waals surface area contributed by atoms with Crippen LogP contribution in [0.5, 0.6) is 0 Å². The molecule has 0 aromatic heterocycles. The zero-order chi connectivity index (χ0) is 21.4. The van der Waals surface area contributed by atoms with Gasteiger partial charge in [-0.25, -0.2) is 16.8 Å². The minimum Gasteiger partial charge on any atom is -0.445 e. The predicted molar refractivity (Wildman–Crippen MR) is 67.4 cm³/mol. The molecule has 0 spiro atoms. The third kappa shape index (κ3) is 5.38. The van der Waals surface area contributed by atoms with E-state index in [-0.39, 0.29) is 6.42 Å². The summed E-state index contributed by atoms with van der Waals surface area (Å²) in [4.78, 5) is 11.3. The van der Waals surface area contributed by atoms with Crippen LogP contribution in [0.1, 0.15) is 20.3 Å². The average molecular weight is 445 g/mol. The number of halogens is 8. The van der Waals surface area contributed by atoms with E-state index < -0.39 is 59.1 Å². The van der Waals surface area contributed by atoms with Crippen LogP contribution in [-0.2, 0) is 29.6 Å². The lowest BCUT2D eigenvalue weighted by Crippen LogP contribution is -2.57. The van der Waals surface area contributed by atoms with E-state index in [1.165, 1.54) is 6.92 Å². The number of carbonyl (C=O) groups is 1. The summed E-state index contributed by atoms with van der Waals surface area (Å²) < 4.78 is 148. The molecule has 0 saturated heterocycles. The van der Waals surface area contributed by atoms with Crippen LogP contribution in [-0.4, -0.2) is 45.8 Å². The third-order valence-corrected chi connectivity index (χ3v) is 6.03. The smallest absolute Gasteiger partial charge is 0.445 e. The van der Waals surface area contributed by atoms with E-state index in [4.69, 9.17) is 0 Å². The summed E-state index contributed by atoms with van der Waals surface area (Å²) in [6.45, 7) is 2.18. The Balaban J connectivity index is 6.06. The molecule has 0 fully saturated rings. The van der Waals surface area contributed by atoms with Crippen LogP contribution < -0.4 is 4.13 Å². The van der Waals surface area contributed by atoms with Crippen LogP contribution in [0.2, 0.25) is 0 Å². The van der Waals surface area contributed by atoms with Crippen molar-refractivity contribution in [3.05, 3.63) is 0 Å². The van der Waals surface area contributed by atoms with E-state index >= 15 is 0 Å². The van der Waals surface area contributed by atoms with Crippen molar-refractivity contribution in [2.45, 2.75) is 43.3 Å². The van der Waals surface area contributed by atoms with E-state index in [2.05, 4.69) is 4.74 Å². The SMILES string of the molecule is CCC(C)C(=O)OC(C(F)(F)F)C(F)(F)S(=O)(=O)NS(=O)(=O)C(F)(F)F. The third-order valence-electron chi connectivity index (χ3n) is 2.73. The number of esters is 1. The first kappa shape index (κ1) is 24.8. The van der Waals surface area contributed by atoms with E-state index in [1.807, 2.05) is 0 Å². The Hall–Kier alpha value is -1.23. The molecular weight excluding hydrogens is 434 g/mol. The summed E-state index contributed by atoms with van der Waals surface area (Å²) in [5, 5.41) is -6.30. The molecule has 0 aliphatic heterocycles. The first-order chi connectivity index (χ1) is 11.2. The van der Waals surface area contributed by atoms with Crippen molar-refractivity contribution in [2.75, 3.05) is 0 Å². The van der Waals surface area contributed by atoms with Crippen LogP contribution >= 0.6 is 0 Å². The molecule has 2 atom stereocenters. The van der Waals surface area contributed by atoms with Crippen molar-refractivity contribution >= 4 is 26.0 Å². The Morgan fingerprint density at radius 2 is 1.38 bits per heavy atom. The molecule has 0 aliphatic carbocycles. The standard InChI is InChI=1S/C9H11F8NO6S2/c1-3-4(2)5(19)24-6(7(10,11)12)8(13,14)25(20,21)18-26(22,23)9(15,16)17/h4,6,18H,3H2,1-2H3. The van der Waals surface area contributed by atoms with Gasteiger partial charge in [-0.3, -0.25) is 4.79 Å². The largest absolute Gasteiger partial charge is 0.512 e. The molecule has 0 rings (SSSR count). The molecule has 0 aromatic rings. The maximum absolute atomic E-state index is 13.7. The van der Waals surface area contributed by atoms with Crippen LogP contribution in [0.25, 0.3) is 0 Å². The number of hydrogen-bond donors (Lipinski definition) is 1. The fraction of sp³-hybridized carbons (Fsp3) is 0.889. The molecule has 0 saturated carbocycles. The molecule has 1 N–H and O–H groups in total. The first-order valence-electron chi connectivity index (χ1n) is 6.20. The van der Waals surface area contributed by atoms with Gasteiger partial charge in [0.15, 0.2) is 0 Å². The van der Waals surface area contributed by atoms with Crippen molar-refractivity contribution in [3.8, 4) is 0 Å². The normalized spacial score (nSPS) is 16.8. The summed E-state index contributed by atoms with van der Waals surface area (Å²) in [6, 6.07) is 0. The molecule has 0 amide bonds. The lowest BCUT2D eigenvalue weighted by atomic mass is 10.1. The Bertz CT molecular complexity index is 726. The highest BCUT2D eigenvalue weighted by Gasteiger charge is 2.68. The Morgan fingerprint density at radius 1 is 0.962 bits per heavy atom. The molecule has 0 radical (unpaired) electrons. The van der Waals surface area contributed by atoms with Gasteiger partial charge in [-0.15, -0.1) is 0 Å². The highest BCUT2D eigenvalue weighted by Crippen LogP contribution is 2.39. The molecule has 0 aromatic carbocycles. The predicted octanol–water partition coefficient (Wildman–Crippen LogP) is 1.87. The van der Waals surface area contributed by atoms with Gasteiger partial charge in [0.2, 0.25) is 0 Å². The maximum atomic E-state index is 13.7. The van der Waals surface area contributed by atoms with Crippen LogP contribution in [0.4, 0.5) is 35.1 Å². The lowest BCUT2D eigenvalue weighted by Gasteiger charge is -2.28. The van der Waals surface area contributed by atoms with Crippen molar-refractivity contribution in [3.63, 3.8) is 0 Å². The molecule has 7 nitrogen and oxygen atoms in total. The zero-order valence-electron chi connectivity index (χ0n) is 12.7. The molecule has 0 aliphatic rings. The van der Waals surface area contributed by atoms with Crippen LogP contribution in [0.15, 0.2) is 0 Å². The van der Waals surface area contributed by atoms with Gasteiger partial charge in [-0.05, 0) is 6.42 Å². The number of nitrogens with one attached hydrogen (secondary N) is 1. The van der Waals surface area contributed by atoms with Crippen molar-refractivity contribution in [2.24, 2.45) is 5.92 Å². The van der Waals surface area contributed by atoms with Gasteiger partial charge in [-0.2, -0.15) is 35.1 Å². The summed E-state index contributed by atoms with van der Waals surface area (Å²) >= 11 is 0. The Labute approximate surface area is 141 Å². The number of carbonyl (C=O) groups excluding carboxylic acids is 1. The molecule has 0 bridgehead atoms. The molecule has 26 heavy (non-hydrogen) atoms. The van der Waals surface area contributed by atoms with Crippen LogP contribution in [0.3, 0.4) is 0 Å². The molecule has 2 unspecified atom stereocenters. The van der Waals surface area contributed by atoms with Gasteiger partial charge >= 0.3 is 32.9 Å². The molecule has 156 valence electrons. The van der Waals surface area contributed by atoms with Crippen molar-refractivity contribution in [1.29, 1.82) is 0 Å². The maximum Gasteiger partial charge on any atom is 0.512 e. The fourth-order valence-electron chi connectivity index (χ4n) is 1.11. The van der Waals surface area contributed by atoms with Crippen molar-refractivity contribution < 1.29 is 61.5 Å². The lowest BCUT2D eigenvalue weighted by molar-refractivity contribution is -0.259. The number of alkyl halides is 8. The topological polar surface area (TPSA) is 107 Å². The monoisotopic (exact) mass is 445 g/mol. The summed E-state index contributed by atoms with van der Waals surface area (Å²) in [5.41, 5.74) is -6.42. The summed E-state index contributed by atoms with van der Waals surface area (Å²) in [5.74, 6) is -3.33. The van der Waals surface area contributed by atoms with Gasteiger partial charge in [0.25, 0.3) is 16.1 Å². The Kier molecular flexibility index (Phi) is 7.06. The minimum absolute atomic E-state index is 0.206. The van der Waals surface area contributed by atoms with Crippen molar-refractivity contribution in [1.82, 2.24) is 4.13 Å². The van der Waals surface area contributed by atoms with Gasteiger partial charge in [0, 0.05) is 0 Å². The average Bonchev–Trinajstić information content (AvgIpc) is 2.39. The van der Waals surface area contributed by atoms with Gasteiger partial charge in [0.05, 0.1) is 5.92 Å². The van der Waals surface area contributed by atoms with Gasteiger partial charge < -0.3 is 4.74 Å². The molecular formula is C9H11F8NO6S2. The molecule has 0 heterocycles. The first-order valence-corrected chi connectivity index (χ1v) is 9.16. The second-order valence-corrected chi connectivity index (χ2v) is 8.45. The minimum atomic E-state index is -7.15. The van der Waals surface area contributed by atoms with E-state index in [0.717, 1.165) is 6.92 Å². The number of sulfonamides is 2. The second-order valence-electron chi connectivity index (χ2n) is 4.77. The van der Waals surface area contributed by atoms with Gasteiger partial charge in [-0.1, -0.05) is 18.0 Å². The van der Waals surface area contributed by atoms with E-state index in [0.29, 0.717) is 0 Å². The fourth-order valence-corrected chi connectivity index (χ4v) is 3.55. The van der Waals surface area contributed by atoms with E-state index in [9.17, 15) is 56.8 Å². The van der Waals surface area contributed by atoms with Crippen LogP contribution in [0, 0.1) is 5.92 Å². The summed E-state index contributed by atoms with van der Waals surface area (Å²) in [7, 11) is -14.1. The van der Waals surface area contributed by atoms with Gasteiger partial charge in [0.1, 0.15) is 0 Å². The number of ether oxygens (including phenoxy) is 1. The molecule has 17 heteroatoms. The quantitative estimate of drug-likeness (QED) is 0.474. The summed E-state index contributed by atoms with van der Waals surface area (Å²) in [6.07, 6.45) is -11.2. The number of hydrogen-bond acceptors (Lipinski definition) is 6. The zero-order valence-corrected chi connectivity index (χ0v) is 14.3. The Morgan fingerprint density at radius 3 is 1.69 bits per heavy atom. The second kappa shape index (κ2) is 7.41.